The van der Waals surface area contributed by atoms with Gasteiger partial charge >= 0.3 is 0 Å². The molecule has 1 aromatic heterocycles. The molecule has 0 radical (unpaired) electrons. The highest BCUT2D eigenvalue weighted by atomic mass is 16.2. The van der Waals surface area contributed by atoms with E-state index in [0.717, 1.165) is 17.5 Å². The third kappa shape index (κ3) is 4.15. The molecule has 31 heavy (non-hydrogen) atoms. The molecular formula is C27H26N2O2. The van der Waals surface area contributed by atoms with Crippen molar-refractivity contribution in [1.29, 1.82) is 0 Å². The van der Waals surface area contributed by atoms with E-state index in [4.69, 9.17) is 0 Å². The van der Waals surface area contributed by atoms with Crippen LogP contribution < -0.4 is 10.9 Å². The molecule has 156 valence electrons. The number of nitrogens with zero attached hydrogens (tertiary/aromatic N) is 1. The van der Waals surface area contributed by atoms with Crippen LogP contribution in [0.25, 0.3) is 10.8 Å². The van der Waals surface area contributed by atoms with Crippen LogP contribution in [-0.4, -0.2) is 10.5 Å². The highest BCUT2D eigenvalue weighted by molar-refractivity contribution is 6.07. The molecule has 4 aromatic rings. The quantitative estimate of drug-likeness (QED) is 0.473. The SMILES string of the molecule is CC[C@H](NC(=O)c1c(C)n(Cc2ccccc2)c(=O)c2ccccc12)c1ccccc1. The van der Waals surface area contributed by atoms with Gasteiger partial charge in [0.05, 0.1) is 18.2 Å². The van der Waals surface area contributed by atoms with Gasteiger partial charge in [-0.15, -0.1) is 0 Å². The van der Waals surface area contributed by atoms with Crippen LogP contribution in [0.2, 0.25) is 0 Å². The number of nitrogens with one attached hydrogen (secondary N) is 1. The molecule has 0 aliphatic carbocycles. The van der Waals surface area contributed by atoms with Gasteiger partial charge in [0.1, 0.15) is 0 Å². The summed E-state index contributed by atoms with van der Waals surface area (Å²) in [6.07, 6.45) is 0.774. The van der Waals surface area contributed by atoms with E-state index in [9.17, 15) is 9.59 Å². The molecule has 0 fully saturated rings. The summed E-state index contributed by atoms with van der Waals surface area (Å²) in [6, 6.07) is 27.1. The number of benzene rings is 3. The lowest BCUT2D eigenvalue weighted by molar-refractivity contribution is 0.0935. The normalized spacial score (nSPS) is 11.9. The summed E-state index contributed by atoms with van der Waals surface area (Å²) in [5.74, 6) is -0.161. The first-order valence-corrected chi connectivity index (χ1v) is 10.6. The Balaban J connectivity index is 1.81. The Labute approximate surface area is 182 Å². The van der Waals surface area contributed by atoms with E-state index in [1.807, 2.05) is 85.8 Å². The number of hydrogen-bond donors (Lipinski definition) is 1. The summed E-state index contributed by atoms with van der Waals surface area (Å²) in [5.41, 5.74) is 3.24. The summed E-state index contributed by atoms with van der Waals surface area (Å²) in [7, 11) is 0. The van der Waals surface area contributed by atoms with E-state index >= 15 is 0 Å². The van der Waals surface area contributed by atoms with Gasteiger partial charge in [-0.1, -0.05) is 85.8 Å². The Morgan fingerprint density at radius 3 is 2.10 bits per heavy atom. The van der Waals surface area contributed by atoms with Crippen LogP contribution in [0.15, 0.2) is 89.7 Å². The summed E-state index contributed by atoms with van der Waals surface area (Å²) in [6.45, 7) is 4.33. The van der Waals surface area contributed by atoms with Gasteiger partial charge in [-0.3, -0.25) is 9.59 Å². The molecule has 0 aliphatic rings. The van der Waals surface area contributed by atoms with E-state index < -0.39 is 0 Å². The standard InChI is InChI=1S/C27H26N2O2/c1-3-24(21-14-8-5-9-15-21)28-26(30)25-19(2)29(18-20-12-6-4-7-13-20)27(31)23-17-11-10-16-22(23)25/h4-17,24H,3,18H2,1-2H3,(H,28,30)/t24-/m0/s1. The fourth-order valence-electron chi connectivity index (χ4n) is 4.10. The molecule has 1 heterocycles. The minimum atomic E-state index is -0.161. The van der Waals surface area contributed by atoms with Crippen LogP contribution in [0.4, 0.5) is 0 Å². The van der Waals surface area contributed by atoms with Gasteiger partial charge in [-0.2, -0.15) is 0 Å². The van der Waals surface area contributed by atoms with Gasteiger partial charge in [-0.05, 0) is 30.5 Å². The van der Waals surface area contributed by atoms with Crippen LogP contribution in [-0.2, 0) is 6.54 Å². The van der Waals surface area contributed by atoms with Crippen molar-refractivity contribution in [2.75, 3.05) is 0 Å². The molecule has 4 nitrogen and oxygen atoms in total. The summed E-state index contributed by atoms with van der Waals surface area (Å²) in [4.78, 5) is 26.8. The molecule has 4 rings (SSSR count). The molecule has 0 saturated carbocycles. The van der Waals surface area contributed by atoms with Gasteiger partial charge in [0, 0.05) is 16.5 Å². The lowest BCUT2D eigenvalue weighted by Gasteiger charge is -2.21. The minimum Gasteiger partial charge on any atom is -0.345 e. The first kappa shape index (κ1) is 20.6. The number of carbonyl (C=O) groups excluding carboxylic acids is 1. The smallest absolute Gasteiger partial charge is 0.258 e. The fourth-order valence-corrected chi connectivity index (χ4v) is 4.10. The molecule has 1 amide bonds. The average molecular weight is 411 g/mol. The molecule has 0 saturated heterocycles. The van der Waals surface area contributed by atoms with E-state index in [1.54, 1.807) is 10.6 Å². The van der Waals surface area contributed by atoms with Crippen molar-refractivity contribution in [3.05, 3.63) is 118 Å². The Kier molecular flexibility index (Phi) is 5.99. The zero-order chi connectivity index (χ0) is 21.8. The van der Waals surface area contributed by atoms with Crippen LogP contribution in [0.1, 0.15) is 46.6 Å². The Morgan fingerprint density at radius 1 is 0.871 bits per heavy atom. The Hall–Kier alpha value is -3.66. The Bertz CT molecular complexity index is 1260. The number of aromatic nitrogens is 1. The highest BCUT2D eigenvalue weighted by Gasteiger charge is 2.21. The largest absolute Gasteiger partial charge is 0.345 e. The van der Waals surface area contributed by atoms with Gasteiger partial charge < -0.3 is 9.88 Å². The second kappa shape index (κ2) is 9.00. The van der Waals surface area contributed by atoms with Crippen molar-refractivity contribution in [1.82, 2.24) is 9.88 Å². The monoisotopic (exact) mass is 410 g/mol. The number of amides is 1. The molecule has 1 atom stereocenters. The highest BCUT2D eigenvalue weighted by Crippen LogP contribution is 2.23. The van der Waals surface area contributed by atoms with Crippen molar-refractivity contribution in [2.45, 2.75) is 32.9 Å². The van der Waals surface area contributed by atoms with Gasteiger partial charge in [0.2, 0.25) is 0 Å². The second-order valence-electron chi connectivity index (χ2n) is 7.73. The molecule has 0 bridgehead atoms. The predicted molar refractivity (Wildman–Crippen MR) is 125 cm³/mol. The maximum absolute atomic E-state index is 13.5. The third-order valence-corrected chi connectivity index (χ3v) is 5.76. The van der Waals surface area contributed by atoms with Gasteiger partial charge in [0.15, 0.2) is 0 Å². The third-order valence-electron chi connectivity index (χ3n) is 5.76. The topological polar surface area (TPSA) is 51.1 Å². The molecule has 0 unspecified atom stereocenters. The summed E-state index contributed by atoms with van der Waals surface area (Å²) >= 11 is 0. The van der Waals surface area contributed by atoms with E-state index in [0.29, 0.717) is 28.6 Å². The van der Waals surface area contributed by atoms with Gasteiger partial charge in [-0.25, -0.2) is 0 Å². The first-order valence-electron chi connectivity index (χ1n) is 10.6. The number of fused-ring (bicyclic) bond motifs is 1. The number of hydrogen-bond acceptors (Lipinski definition) is 2. The number of pyridine rings is 1. The van der Waals surface area contributed by atoms with Crippen molar-refractivity contribution in [2.24, 2.45) is 0 Å². The molecule has 4 heteroatoms. The van der Waals surface area contributed by atoms with Crippen LogP contribution in [0.3, 0.4) is 0 Å². The maximum Gasteiger partial charge on any atom is 0.258 e. The fraction of sp³-hybridized carbons (Fsp3) is 0.185. The summed E-state index contributed by atoms with van der Waals surface area (Å²) < 4.78 is 1.70. The number of rotatable bonds is 6. The lowest BCUT2D eigenvalue weighted by atomic mass is 10.0. The predicted octanol–water partition coefficient (Wildman–Crippen LogP) is 5.24. The van der Waals surface area contributed by atoms with Crippen LogP contribution >= 0.6 is 0 Å². The second-order valence-corrected chi connectivity index (χ2v) is 7.73. The van der Waals surface area contributed by atoms with E-state index in [-0.39, 0.29) is 17.5 Å². The van der Waals surface area contributed by atoms with Crippen molar-refractivity contribution in [3.8, 4) is 0 Å². The van der Waals surface area contributed by atoms with Crippen molar-refractivity contribution in [3.63, 3.8) is 0 Å². The zero-order valence-corrected chi connectivity index (χ0v) is 17.8. The molecule has 3 aromatic carbocycles. The molecular weight excluding hydrogens is 384 g/mol. The summed E-state index contributed by atoms with van der Waals surface area (Å²) in [5, 5.41) is 4.44. The molecule has 0 spiro atoms. The lowest BCUT2D eigenvalue weighted by Crippen LogP contribution is -2.32. The van der Waals surface area contributed by atoms with E-state index in [2.05, 4.69) is 12.2 Å². The van der Waals surface area contributed by atoms with Crippen molar-refractivity contribution >= 4 is 16.7 Å². The average Bonchev–Trinajstić information content (AvgIpc) is 2.81. The molecule has 0 aliphatic heterocycles. The number of carbonyl (C=O) groups is 1. The maximum atomic E-state index is 13.5. The minimum absolute atomic E-state index is 0.0800. The zero-order valence-electron chi connectivity index (χ0n) is 17.8. The van der Waals surface area contributed by atoms with Crippen LogP contribution in [0.5, 0.6) is 0 Å². The van der Waals surface area contributed by atoms with E-state index in [1.165, 1.54) is 0 Å². The Morgan fingerprint density at radius 2 is 1.45 bits per heavy atom. The van der Waals surface area contributed by atoms with Crippen molar-refractivity contribution < 1.29 is 4.79 Å². The van der Waals surface area contributed by atoms with Crippen LogP contribution in [0, 0.1) is 6.92 Å². The first-order chi connectivity index (χ1) is 15.1. The van der Waals surface area contributed by atoms with Gasteiger partial charge in [0.25, 0.3) is 11.5 Å². The molecule has 1 N–H and O–H groups in total.